The second-order valence-corrected chi connectivity index (χ2v) is 6.31. The molecule has 120 valence electrons. The number of ether oxygens (including phenoxy) is 1. The Bertz CT molecular complexity index is 798. The Morgan fingerprint density at radius 2 is 1.96 bits per heavy atom. The van der Waals surface area contributed by atoms with E-state index in [0.29, 0.717) is 0 Å². The van der Waals surface area contributed by atoms with Gasteiger partial charge in [-0.05, 0) is 24.1 Å². The standard InChI is InChI=1S/C17H20N4OS/c1-4-5-14-15-16(21(2)11-18-15)20-17(19-14)23-10-12-6-8-13(22-3)9-7-12/h6-9,11H,4-5,10H2,1-3H3. The first-order valence-electron chi connectivity index (χ1n) is 7.65. The van der Waals surface area contributed by atoms with Crippen molar-refractivity contribution in [3.05, 3.63) is 41.9 Å². The largest absolute Gasteiger partial charge is 0.497 e. The van der Waals surface area contributed by atoms with E-state index < -0.39 is 0 Å². The van der Waals surface area contributed by atoms with Gasteiger partial charge < -0.3 is 9.30 Å². The molecule has 0 N–H and O–H groups in total. The first-order valence-corrected chi connectivity index (χ1v) is 8.63. The zero-order valence-electron chi connectivity index (χ0n) is 13.6. The molecule has 0 bridgehead atoms. The van der Waals surface area contributed by atoms with E-state index in [1.54, 1.807) is 25.2 Å². The van der Waals surface area contributed by atoms with Crippen LogP contribution in [0.25, 0.3) is 11.2 Å². The average molecular weight is 328 g/mol. The highest BCUT2D eigenvalue weighted by Gasteiger charge is 2.12. The summed E-state index contributed by atoms with van der Waals surface area (Å²) in [4.78, 5) is 13.8. The van der Waals surface area contributed by atoms with Crippen molar-refractivity contribution in [3.63, 3.8) is 0 Å². The van der Waals surface area contributed by atoms with E-state index in [9.17, 15) is 0 Å². The fraction of sp³-hybridized carbons (Fsp3) is 0.353. The summed E-state index contributed by atoms with van der Waals surface area (Å²) >= 11 is 1.65. The minimum Gasteiger partial charge on any atom is -0.497 e. The molecule has 5 nitrogen and oxygen atoms in total. The number of aromatic nitrogens is 4. The SMILES string of the molecule is CCCc1nc(SCc2ccc(OC)cc2)nc2c1ncn2C. The van der Waals surface area contributed by atoms with Gasteiger partial charge in [0.2, 0.25) is 0 Å². The molecular formula is C17H20N4OS. The van der Waals surface area contributed by atoms with Gasteiger partial charge in [0.1, 0.15) is 11.3 Å². The van der Waals surface area contributed by atoms with Crippen molar-refractivity contribution in [2.45, 2.75) is 30.7 Å². The van der Waals surface area contributed by atoms with Crippen molar-refractivity contribution in [1.82, 2.24) is 19.5 Å². The Morgan fingerprint density at radius 3 is 2.65 bits per heavy atom. The van der Waals surface area contributed by atoms with Crippen LogP contribution in [0.3, 0.4) is 0 Å². The molecule has 0 radical (unpaired) electrons. The van der Waals surface area contributed by atoms with Crippen molar-refractivity contribution < 1.29 is 4.74 Å². The molecule has 0 saturated carbocycles. The highest BCUT2D eigenvalue weighted by Crippen LogP contribution is 2.24. The molecule has 1 aromatic carbocycles. The molecule has 0 unspecified atom stereocenters. The minimum absolute atomic E-state index is 0.806. The summed E-state index contributed by atoms with van der Waals surface area (Å²) in [5, 5.41) is 0.806. The van der Waals surface area contributed by atoms with Crippen molar-refractivity contribution in [1.29, 1.82) is 0 Å². The van der Waals surface area contributed by atoms with Crippen molar-refractivity contribution in [3.8, 4) is 5.75 Å². The van der Waals surface area contributed by atoms with Gasteiger partial charge in [-0.25, -0.2) is 15.0 Å². The van der Waals surface area contributed by atoms with E-state index in [1.165, 1.54) is 5.56 Å². The van der Waals surface area contributed by atoms with E-state index in [2.05, 4.69) is 29.0 Å². The lowest BCUT2D eigenvalue weighted by atomic mass is 10.2. The molecule has 3 rings (SSSR count). The average Bonchev–Trinajstić information content (AvgIpc) is 2.95. The normalized spacial score (nSPS) is 11.1. The predicted octanol–water partition coefficient (Wildman–Crippen LogP) is 3.62. The third-order valence-corrected chi connectivity index (χ3v) is 4.54. The maximum absolute atomic E-state index is 5.19. The van der Waals surface area contributed by atoms with Crippen LogP contribution in [0, 0.1) is 0 Å². The summed E-state index contributed by atoms with van der Waals surface area (Å²) in [5.74, 6) is 1.70. The van der Waals surface area contributed by atoms with E-state index in [0.717, 1.165) is 46.4 Å². The third-order valence-electron chi connectivity index (χ3n) is 3.63. The highest BCUT2D eigenvalue weighted by molar-refractivity contribution is 7.98. The number of benzene rings is 1. The quantitative estimate of drug-likeness (QED) is 0.511. The second-order valence-electron chi connectivity index (χ2n) is 5.37. The van der Waals surface area contributed by atoms with Crippen LogP contribution in [0.1, 0.15) is 24.6 Å². The Balaban J connectivity index is 1.82. The number of aryl methyl sites for hydroxylation is 2. The number of rotatable bonds is 6. The maximum Gasteiger partial charge on any atom is 0.190 e. The first-order chi connectivity index (χ1) is 11.2. The molecule has 23 heavy (non-hydrogen) atoms. The number of methoxy groups -OCH3 is 1. The van der Waals surface area contributed by atoms with Crippen LogP contribution in [-0.4, -0.2) is 26.6 Å². The minimum atomic E-state index is 0.806. The fourth-order valence-electron chi connectivity index (χ4n) is 2.39. The Hall–Kier alpha value is -2.08. The zero-order valence-corrected chi connectivity index (χ0v) is 14.4. The van der Waals surface area contributed by atoms with Crippen LogP contribution in [0.5, 0.6) is 5.75 Å². The van der Waals surface area contributed by atoms with Gasteiger partial charge in [-0.2, -0.15) is 0 Å². The number of thioether (sulfide) groups is 1. The van der Waals surface area contributed by atoms with Gasteiger partial charge in [-0.15, -0.1) is 0 Å². The predicted molar refractivity (Wildman–Crippen MR) is 92.9 cm³/mol. The molecule has 0 spiro atoms. The van der Waals surface area contributed by atoms with Gasteiger partial charge in [0.15, 0.2) is 10.8 Å². The molecular weight excluding hydrogens is 308 g/mol. The van der Waals surface area contributed by atoms with Crippen LogP contribution in [0.2, 0.25) is 0 Å². The fourth-order valence-corrected chi connectivity index (χ4v) is 3.20. The molecule has 0 saturated heterocycles. The van der Waals surface area contributed by atoms with Crippen LogP contribution in [-0.2, 0) is 19.2 Å². The van der Waals surface area contributed by atoms with E-state index in [4.69, 9.17) is 9.72 Å². The monoisotopic (exact) mass is 328 g/mol. The van der Waals surface area contributed by atoms with Gasteiger partial charge in [0.25, 0.3) is 0 Å². The molecule has 0 amide bonds. The van der Waals surface area contributed by atoms with Gasteiger partial charge in [0.05, 0.1) is 19.1 Å². The highest BCUT2D eigenvalue weighted by atomic mass is 32.2. The van der Waals surface area contributed by atoms with E-state index in [1.807, 2.05) is 23.7 Å². The van der Waals surface area contributed by atoms with E-state index >= 15 is 0 Å². The molecule has 2 heterocycles. The number of nitrogens with zero attached hydrogens (tertiary/aromatic N) is 4. The molecule has 2 aromatic heterocycles. The molecule has 0 aliphatic rings. The van der Waals surface area contributed by atoms with Crippen molar-refractivity contribution in [2.24, 2.45) is 7.05 Å². The summed E-state index contributed by atoms with van der Waals surface area (Å²) in [6, 6.07) is 8.09. The number of hydrogen-bond acceptors (Lipinski definition) is 5. The third kappa shape index (κ3) is 3.47. The number of hydrogen-bond donors (Lipinski definition) is 0. The smallest absolute Gasteiger partial charge is 0.190 e. The summed E-state index contributed by atoms with van der Waals surface area (Å²) < 4.78 is 7.14. The summed E-state index contributed by atoms with van der Waals surface area (Å²) in [5.41, 5.74) is 4.08. The molecule has 0 fully saturated rings. The Labute approximate surface area is 140 Å². The van der Waals surface area contributed by atoms with E-state index in [-0.39, 0.29) is 0 Å². The molecule has 0 aliphatic carbocycles. The Kier molecular flexibility index (Phi) is 4.81. The molecule has 0 atom stereocenters. The van der Waals surface area contributed by atoms with Gasteiger partial charge >= 0.3 is 0 Å². The number of fused-ring (bicyclic) bond motifs is 1. The van der Waals surface area contributed by atoms with Crippen LogP contribution in [0.4, 0.5) is 0 Å². The lowest BCUT2D eigenvalue weighted by Gasteiger charge is -2.06. The second kappa shape index (κ2) is 7.00. The van der Waals surface area contributed by atoms with Crippen molar-refractivity contribution >= 4 is 22.9 Å². The molecule has 6 heteroatoms. The molecule has 0 aliphatic heterocycles. The summed E-state index contributed by atoms with van der Waals surface area (Å²) in [6.07, 6.45) is 3.77. The van der Waals surface area contributed by atoms with Crippen LogP contribution >= 0.6 is 11.8 Å². The maximum atomic E-state index is 5.19. The lowest BCUT2D eigenvalue weighted by molar-refractivity contribution is 0.414. The van der Waals surface area contributed by atoms with Gasteiger partial charge in [0, 0.05) is 12.8 Å². The lowest BCUT2D eigenvalue weighted by Crippen LogP contribution is -1.99. The van der Waals surface area contributed by atoms with Crippen LogP contribution < -0.4 is 4.74 Å². The summed E-state index contributed by atoms with van der Waals surface area (Å²) in [7, 11) is 3.64. The molecule has 3 aromatic rings. The number of imidazole rings is 1. The zero-order chi connectivity index (χ0) is 16.2. The van der Waals surface area contributed by atoms with Gasteiger partial charge in [-0.3, -0.25) is 0 Å². The van der Waals surface area contributed by atoms with Crippen LogP contribution in [0.15, 0.2) is 35.7 Å². The van der Waals surface area contributed by atoms with Gasteiger partial charge in [-0.1, -0.05) is 37.2 Å². The topological polar surface area (TPSA) is 52.8 Å². The van der Waals surface area contributed by atoms with Crippen molar-refractivity contribution in [2.75, 3.05) is 7.11 Å². The summed E-state index contributed by atoms with van der Waals surface area (Å²) in [6.45, 7) is 2.15. The Morgan fingerprint density at radius 1 is 1.17 bits per heavy atom. The first kappa shape index (κ1) is 15.8.